The van der Waals surface area contributed by atoms with Crippen LogP contribution in [0, 0.1) is 0 Å². The molecule has 0 unspecified atom stereocenters. The van der Waals surface area contributed by atoms with Gasteiger partial charge in [0.05, 0.1) is 11.8 Å². The summed E-state index contributed by atoms with van der Waals surface area (Å²) in [5, 5.41) is 22.5. The summed E-state index contributed by atoms with van der Waals surface area (Å²) in [4.78, 5) is 0. The van der Waals surface area contributed by atoms with Gasteiger partial charge in [-0.1, -0.05) is 6.07 Å². The lowest BCUT2D eigenvalue weighted by Crippen LogP contribution is -2.33. The van der Waals surface area contributed by atoms with Gasteiger partial charge in [-0.3, -0.25) is 0 Å². The van der Waals surface area contributed by atoms with Gasteiger partial charge in [-0.05, 0) is 30.0 Å². The van der Waals surface area contributed by atoms with E-state index < -0.39 is 6.10 Å². The second-order valence-corrected chi connectivity index (χ2v) is 3.92. The average Bonchev–Trinajstić information content (AvgIpc) is 2.23. The van der Waals surface area contributed by atoms with Gasteiger partial charge in [0.2, 0.25) is 0 Å². The van der Waals surface area contributed by atoms with Crippen LogP contribution in [-0.4, -0.2) is 23.3 Å². The van der Waals surface area contributed by atoms with Gasteiger partial charge in [-0.25, -0.2) is 0 Å². The normalized spacial score (nSPS) is 23.2. The summed E-state index contributed by atoms with van der Waals surface area (Å²) in [6.07, 6.45) is 0.909. The Morgan fingerprint density at radius 1 is 1.44 bits per heavy atom. The third-order valence-corrected chi connectivity index (χ3v) is 3.03. The molecule has 0 aliphatic heterocycles. The fourth-order valence-corrected chi connectivity index (χ4v) is 2.18. The summed E-state index contributed by atoms with van der Waals surface area (Å²) in [5.41, 5.74) is 8.30. The lowest BCUT2D eigenvalue weighted by Gasteiger charge is -2.29. The van der Waals surface area contributed by atoms with E-state index in [9.17, 15) is 10.2 Å². The molecule has 1 aliphatic carbocycles. The molecule has 0 amide bonds. The van der Waals surface area contributed by atoms with Gasteiger partial charge >= 0.3 is 0 Å². The first-order valence-electron chi connectivity index (χ1n) is 5.11. The largest absolute Gasteiger partial charge is 0.506 e. The summed E-state index contributed by atoms with van der Waals surface area (Å²) in [7, 11) is 1.76. The number of aromatic hydroxyl groups is 1. The molecule has 2 rings (SSSR count). The molecule has 1 aliphatic rings. The molecule has 0 bridgehead atoms. The first-order valence-corrected chi connectivity index (χ1v) is 5.11. The van der Waals surface area contributed by atoms with Crippen LogP contribution in [0.5, 0.6) is 5.75 Å². The number of phenolic OH excluding ortho intramolecular Hbond substituents is 1. The lowest BCUT2D eigenvalue weighted by atomic mass is 9.85. The molecule has 5 heteroatoms. The summed E-state index contributed by atoms with van der Waals surface area (Å²) < 4.78 is 0. The number of halogens is 1. The molecule has 1 aromatic rings. The Hall–Kier alpha value is -0.970. The molecule has 0 saturated heterocycles. The molecule has 0 saturated carbocycles. The maximum Gasteiger partial charge on any atom is 0.138 e. The average molecular weight is 245 g/mol. The van der Waals surface area contributed by atoms with Crippen LogP contribution in [0.2, 0.25) is 0 Å². The van der Waals surface area contributed by atoms with E-state index in [4.69, 9.17) is 5.73 Å². The second kappa shape index (κ2) is 4.91. The molecule has 0 fully saturated rings. The van der Waals surface area contributed by atoms with Crippen LogP contribution in [0.3, 0.4) is 0 Å². The van der Waals surface area contributed by atoms with Gasteiger partial charge in [0.15, 0.2) is 0 Å². The molecular formula is C11H17ClN2O2. The van der Waals surface area contributed by atoms with E-state index in [0.717, 1.165) is 24.0 Å². The zero-order chi connectivity index (χ0) is 11.0. The van der Waals surface area contributed by atoms with Crippen LogP contribution in [0.15, 0.2) is 12.1 Å². The topological polar surface area (TPSA) is 78.5 Å². The highest BCUT2D eigenvalue weighted by Gasteiger charge is 2.27. The highest BCUT2D eigenvalue weighted by atomic mass is 35.5. The summed E-state index contributed by atoms with van der Waals surface area (Å²) in [6, 6.07) is 3.13. The van der Waals surface area contributed by atoms with Crippen molar-refractivity contribution in [1.82, 2.24) is 0 Å². The third kappa shape index (κ3) is 1.96. The van der Waals surface area contributed by atoms with Crippen molar-refractivity contribution in [2.75, 3.05) is 12.4 Å². The van der Waals surface area contributed by atoms with Gasteiger partial charge in [-0.2, -0.15) is 0 Å². The standard InChI is InChI=1S/C11H16N2O2.ClH/c1-13-10-6-2-4-8(12)11(15)7(6)3-5-9(10)14;/h3,5,8,11,13-15H,2,4,12H2,1H3;1H/t8-,11-;/m1./s1. The van der Waals surface area contributed by atoms with Crippen LogP contribution in [-0.2, 0) is 6.42 Å². The molecule has 0 heterocycles. The minimum atomic E-state index is -0.624. The predicted octanol–water partition coefficient (Wildman–Crippen LogP) is 1.16. The minimum Gasteiger partial charge on any atom is -0.506 e. The Kier molecular flexibility index (Phi) is 4.02. The van der Waals surface area contributed by atoms with Gasteiger partial charge in [0.1, 0.15) is 5.75 Å². The Bertz CT molecular complexity index is 384. The molecule has 4 nitrogen and oxygen atoms in total. The molecule has 0 radical (unpaired) electrons. The zero-order valence-electron chi connectivity index (χ0n) is 9.10. The number of anilines is 1. The van der Waals surface area contributed by atoms with Crippen molar-refractivity contribution in [2.45, 2.75) is 25.0 Å². The van der Waals surface area contributed by atoms with Gasteiger partial charge in [0.25, 0.3) is 0 Å². The number of fused-ring (bicyclic) bond motifs is 1. The smallest absolute Gasteiger partial charge is 0.138 e. The number of benzene rings is 1. The fourth-order valence-electron chi connectivity index (χ4n) is 2.18. The van der Waals surface area contributed by atoms with Crippen LogP contribution in [0.1, 0.15) is 23.7 Å². The number of nitrogens with one attached hydrogen (secondary N) is 1. The molecule has 2 atom stereocenters. The molecule has 5 N–H and O–H groups in total. The highest BCUT2D eigenvalue weighted by Crippen LogP contribution is 2.38. The molecular weight excluding hydrogens is 228 g/mol. The van der Waals surface area contributed by atoms with Gasteiger partial charge < -0.3 is 21.3 Å². The summed E-state index contributed by atoms with van der Waals surface area (Å²) in [6.45, 7) is 0. The number of phenols is 1. The predicted molar refractivity (Wildman–Crippen MR) is 66.2 cm³/mol. The number of nitrogens with two attached hydrogens (primary N) is 1. The Balaban J connectivity index is 0.00000128. The van der Waals surface area contributed by atoms with E-state index in [0.29, 0.717) is 5.69 Å². The van der Waals surface area contributed by atoms with E-state index >= 15 is 0 Å². The number of aliphatic hydroxyl groups is 1. The van der Waals surface area contributed by atoms with Gasteiger partial charge in [-0.15, -0.1) is 12.4 Å². The van der Waals surface area contributed by atoms with Crippen molar-refractivity contribution in [3.8, 4) is 5.75 Å². The van der Waals surface area contributed by atoms with Crippen molar-refractivity contribution in [3.05, 3.63) is 23.3 Å². The van der Waals surface area contributed by atoms with Gasteiger partial charge in [0, 0.05) is 13.1 Å². The van der Waals surface area contributed by atoms with Crippen molar-refractivity contribution in [3.63, 3.8) is 0 Å². The number of rotatable bonds is 1. The first-order chi connectivity index (χ1) is 7.15. The second-order valence-electron chi connectivity index (χ2n) is 3.92. The lowest BCUT2D eigenvalue weighted by molar-refractivity contribution is 0.134. The van der Waals surface area contributed by atoms with Crippen LogP contribution < -0.4 is 11.1 Å². The number of hydrogen-bond acceptors (Lipinski definition) is 4. The number of aliphatic hydroxyl groups excluding tert-OH is 1. The van der Waals surface area contributed by atoms with E-state index in [1.807, 2.05) is 0 Å². The van der Waals surface area contributed by atoms with E-state index in [2.05, 4.69) is 5.32 Å². The van der Waals surface area contributed by atoms with E-state index in [-0.39, 0.29) is 24.2 Å². The Morgan fingerprint density at radius 2 is 2.12 bits per heavy atom. The summed E-state index contributed by atoms with van der Waals surface area (Å²) in [5.74, 6) is 0.221. The molecule has 16 heavy (non-hydrogen) atoms. The van der Waals surface area contributed by atoms with Crippen LogP contribution in [0.4, 0.5) is 5.69 Å². The molecule has 0 spiro atoms. The van der Waals surface area contributed by atoms with Crippen molar-refractivity contribution >= 4 is 18.1 Å². The Morgan fingerprint density at radius 3 is 2.75 bits per heavy atom. The van der Waals surface area contributed by atoms with Crippen LogP contribution in [0.25, 0.3) is 0 Å². The molecule has 1 aromatic carbocycles. The zero-order valence-corrected chi connectivity index (χ0v) is 9.92. The van der Waals surface area contributed by atoms with E-state index in [1.54, 1.807) is 19.2 Å². The van der Waals surface area contributed by atoms with Crippen LogP contribution >= 0.6 is 12.4 Å². The molecule has 90 valence electrons. The number of hydrogen-bond donors (Lipinski definition) is 4. The van der Waals surface area contributed by atoms with E-state index in [1.165, 1.54) is 0 Å². The first kappa shape index (κ1) is 13.1. The van der Waals surface area contributed by atoms with Crippen molar-refractivity contribution in [2.24, 2.45) is 5.73 Å². The third-order valence-electron chi connectivity index (χ3n) is 3.03. The monoisotopic (exact) mass is 244 g/mol. The van der Waals surface area contributed by atoms with Crippen molar-refractivity contribution < 1.29 is 10.2 Å². The Labute approximate surface area is 101 Å². The summed E-state index contributed by atoms with van der Waals surface area (Å²) >= 11 is 0. The minimum absolute atomic E-state index is 0. The maximum atomic E-state index is 9.91. The SMILES string of the molecule is CNc1c(O)ccc2c1CC[C@@H](N)[C@@H]2O.Cl. The highest BCUT2D eigenvalue weighted by molar-refractivity contribution is 5.85. The quantitative estimate of drug-likeness (QED) is 0.559. The molecule has 0 aromatic heterocycles. The maximum absolute atomic E-state index is 9.91. The fraction of sp³-hybridized carbons (Fsp3) is 0.455. The van der Waals surface area contributed by atoms with Crippen molar-refractivity contribution in [1.29, 1.82) is 0 Å².